The molecule has 0 spiro atoms. The van der Waals surface area contributed by atoms with Crippen molar-refractivity contribution in [1.29, 1.82) is 0 Å². The molecule has 0 saturated heterocycles. The van der Waals surface area contributed by atoms with Crippen molar-refractivity contribution in [2.24, 2.45) is 0 Å². The predicted molar refractivity (Wildman–Crippen MR) is 128 cm³/mol. The molecular formula is C27H40N2O. The van der Waals surface area contributed by atoms with Crippen LogP contribution in [0.2, 0.25) is 0 Å². The Morgan fingerprint density at radius 1 is 0.667 bits per heavy atom. The molecule has 0 unspecified atom stereocenters. The Morgan fingerprint density at radius 3 is 1.80 bits per heavy atom. The van der Waals surface area contributed by atoms with Gasteiger partial charge in [-0.1, -0.05) is 107 Å². The minimum atomic E-state index is 0.0368. The highest BCUT2D eigenvalue weighted by Gasteiger charge is 2.04. The molecule has 0 saturated carbocycles. The van der Waals surface area contributed by atoms with Gasteiger partial charge in [-0.2, -0.15) is 0 Å². The third kappa shape index (κ3) is 10.6. The fourth-order valence-electron chi connectivity index (χ4n) is 3.64. The van der Waals surface area contributed by atoms with Crippen LogP contribution in [0.5, 0.6) is 0 Å². The zero-order chi connectivity index (χ0) is 21.3. The molecule has 30 heavy (non-hydrogen) atoms. The summed E-state index contributed by atoms with van der Waals surface area (Å²) in [7, 11) is 0. The minimum absolute atomic E-state index is 0.0368. The predicted octanol–water partition coefficient (Wildman–Crippen LogP) is 6.63. The average molecular weight is 409 g/mol. The van der Waals surface area contributed by atoms with Crippen molar-refractivity contribution < 1.29 is 4.79 Å². The van der Waals surface area contributed by atoms with Crippen LogP contribution in [0.4, 0.5) is 0 Å². The summed E-state index contributed by atoms with van der Waals surface area (Å²) in [5.41, 5.74) is 3.21. The summed E-state index contributed by atoms with van der Waals surface area (Å²) in [6, 6.07) is 18.3. The Labute approximate surface area is 183 Å². The minimum Gasteiger partial charge on any atom is -0.352 e. The van der Waals surface area contributed by atoms with E-state index in [0.717, 1.165) is 31.6 Å². The quantitative estimate of drug-likeness (QED) is 0.306. The number of rotatable bonds is 16. The van der Waals surface area contributed by atoms with E-state index in [9.17, 15) is 4.79 Å². The standard InChI is InChI=1S/C27H40N2O/c1-2-3-4-5-6-7-8-9-10-14-21-29-27(30)26-19-17-25(18-20-26)23-28-22-24-15-12-11-13-16-24/h11-13,15-20,28H,2-10,14,21-23H2,1H3,(H,29,30). The summed E-state index contributed by atoms with van der Waals surface area (Å²) < 4.78 is 0. The van der Waals surface area contributed by atoms with E-state index >= 15 is 0 Å². The van der Waals surface area contributed by atoms with Crippen LogP contribution in [0.1, 0.15) is 92.6 Å². The number of benzene rings is 2. The second-order valence-corrected chi connectivity index (χ2v) is 8.22. The smallest absolute Gasteiger partial charge is 0.251 e. The van der Waals surface area contributed by atoms with E-state index in [1.54, 1.807) is 0 Å². The van der Waals surface area contributed by atoms with Gasteiger partial charge in [0.2, 0.25) is 0 Å². The summed E-state index contributed by atoms with van der Waals surface area (Å²) in [5, 5.41) is 6.50. The van der Waals surface area contributed by atoms with Crippen LogP contribution in [0, 0.1) is 0 Å². The number of nitrogens with one attached hydrogen (secondary N) is 2. The monoisotopic (exact) mass is 408 g/mol. The molecule has 0 aliphatic carbocycles. The largest absolute Gasteiger partial charge is 0.352 e. The van der Waals surface area contributed by atoms with Crippen molar-refractivity contribution in [3.63, 3.8) is 0 Å². The van der Waals surface area contributed by atoms with E-state index in [1.807, 2.05) is 30.3 Å². The van der Waals surface area contributed by atoms with Crippen LogP contribution >= 0.6 is 0 Å². The molecule has 0 aliphatic rings. The maximum atomic E-state index is 12.3. The Balaban J connectivity index is 1.51. The summed E-state index contributed by atoms with van der Waals surface area (Å²) in [6.45, 7) is 4.69. The van der Waals surface area contributed by atoms with Crippen LogP contribution in [0.15, 0.2) is 54.6 Å². The molecule has 164 valence electrons. The highest BCUT2D eigenvalue weighted by molar-refractivity contribution is 5.94. The molecule has 1 amide bonds. The number of hydrogen-bond donors (Lipinski definition) is 2. The van der Waals surface area contributed by atoms with Crippen molar-refractivity contribution in [3.8, 4) is 0 Å². The Kier molecular flexibility index (Phi) is 12.6. The zero-order valence-electron chi connectivity index (χ0n) is 18.8. The summed E-state index contributed by atoms with van der Waals surface area (Å²) in [6.07, 6.45) is 13.1. The second kappa shape index (κ2) is 15.7. The van der Waals surface area contributed by atoms with Gasteiger partial charge in [0.1, 0.15) is 0 Å². The molecule has 0 atom stereocenters. The SMILES string of the molecule is CCCCCCCCCCCCNC(=O)c1ccc(CNCc2ccccc2)cc1. The molecule has 0 bridgehead atoms. The number of amides is 1. The molecule has 0 aliphatic heterocycles. The summed E-state index contributed by atoms with van der Waals surface area (Å²) >= 11 is 0. The summed E-state index contributed by atoms with van der Waals surface area (Å²) in [4.78, 5) is 12.3. The Morgan fingerprint density at radius 2 is 1.20 bits per heavy atom. The first-order valence-corrected chi connectivity index (χ1v) is 11.9. The van der Waals surface area contributed by atoms with E-state index in [4.69, 9.17) is 0 Å². The lowest BCUT2D eigenvalue weighted by Crippen LogP contribution is -2.24. The van der Waals surface area contributed by atoms with E-state index < -0.39 is 0 Å². The maximum absolute atomic E-state index is 12.3. The molecule has 0 aromatic heterocycles. The van der Waals surface area contributed by atoms with Gasteiger partial charge in [0.15, 0.2) is 0 Å². The van der Waals surface area contributed by atoms with Crippen LogP contribution in [0.25, 0.3) is 0 Å². The van der Waals surface area contributed by atoms with E-state index in [2.05, 4.69) is 41.8 Å². The van der Waals surface area contributed by atoms with Gasteiger partial charge in [0, 0.05) is 25.2 Å². The molecule has 3 nitrogen and oxygen atoms in total. The Hall–Kier alpha value is -2.13. The number of carbonyl (C=O) groups excluding carboxylic acids is 1. The molecule has 2 N–H and O–H groups in total. The molecule has 0 fully saturated rings. The lowest BCUT2D eigenvalue weighted by atomic mass is 10.1. The lowest BCUT2D eigenvalue weighted by molar-refractivity contribution is 0.0953. The lowest BCUT2D eigenvalue weighted by Gasteiger charge is -2.08. The van der Waals surface area contributed by atoms with Gasteiger partial charge in [0.25, 0.3) is 5.91 Å². The first kappa shape index (κ1) is 24.1. The molecule has 2 aromatic rings. The molecule has 0 heterocycles. The van der Waals surface area contributed by atoms with Crippen LogP contribution in [-0.4, -0.2) is 12.5 Å². The highest BCUT2D eigenvalue weighted by atomic mass is 16.1. The third-order valence-corrected chi connectivity index (χ3v) is 5.53. The van der Waals surface area contributed by atoms with Gasteiger partial charge in [-0.05, 0) is 29.7 Å². The van der Waals surface area contributed by atoms with Gasteiger partial charge in [-0.3, -0.25) is 4.79 Å². The normalized spacial score (nSPS) is 10.8. The van der Waals surface area contributed by atoms with E-state index in [0.29, 0.717) is 0 Å². The number of hydrogen-bond acceptors (Lipinski definition) is 2. The van der Waals surface area contributed by atoms with Gasteiger partial charge in [-0.25, -0.2) is 0 Å². The van der Waals surface area contributed by atoms with Crippen molar-refractivity contribution >= 4 is 5.91 Å². The average Bonchev–Trinajstić information content (AvgIpc) is 2.78. The Bertz CT molecular complexity index is 682. The molecule has 3 heteroatoms. The fourth-order valence-corrected chi connectivity index (χ4v) is 3.64. The molecule has 0 radical (unpaired) electrons. The van der Waals surface area contributed by atoms with Crippen LogP contribution in [0.3, 0.4) is 0 Å². The molecular weight excluding hydrogens is 368 g/mol. The molecule has 2 aromatic carbocycles. The van der Waals surface area contributed by atoms with Gasteiger partial charge in [-0.15, -0.1) is 0 Å². The van der Waals surface area contributed by atoms with E-state index in [-0.39, 0.29) is 5.91 Å². The van der Waals surface area contributed by atoms with Gasteiger partial charge < -0.3 is 10.6 Å². The van der Waals surface area contributed by atoms with Gasteiger partial charge in [0.05, 0.1) is 0 Å². The van der Waals surface area contributed by atoms with Crippen molar-refractivity contribution in [2.75, 3.05) is 6.54 Å². The third-order valence-electron chi connectivity index (χ3n) is 5.53. The van der Waals surface area contributed by atoms with E-state index in [1.165, 1.54) is 68.9 Å². The topological polar surface area (TPSA) is 41.1 Å². The number of carbonyl (C=O) groups is 1. The molecule has 2 rings (SSSR count). The highest BCUT2D eigenvalue weighted by Crippen LogP contribution is 2.10. The zero-order valence-corrected chi connectivity index (χ0v) is 18.8. The maximum Gasteiger partial charge on any atom is 0.251 e. The van der Waals surface area contributed by atoms with Crippen molar-refractivity contribution in [1.82, 2.24) is 10.6 Å². The first-order valence-electron chi connectivity index (χ1n) is 11.9. The van der Waals surface area contributed by atoms with Crippen molar-refractivity contribution in [3.05, 3.63) is 71.3 Å². The van der Waals surface area contributed by atoms with Crippen LogP contribution in [-0.2, 0) is 13.1 Å². The van der Waals surface area contributed by atoms with Crippen LogP contribution < -0.4 is 10.6 Å². The first-order chi connectivity index (χ1) is 14.8. The second-order valence-electron chi connectivity index (χ2n) is 8.22. The van der Waals surface area contributed by atoms with Gasteiger partial charge >= 0.3 is 0 Å². The number of unbranched alkanes of at least 4 members (excludes halogenated alkanes) is 9. The summed E-state index contributed by atoms with van der Waals surface area (Å²) in [5.74, 6) is 0.0368. The van der Waals surface area contributed by atoms with Crippen molar-refractivity contribution in [2.45, 2.75) is 84.2 Å². The fraction of sp³-hybridized carbons (Fsp3) is 0.519.